The van der Waals surface area contributed by atoms with Gasteiger partial charge in [-0.05, 0) is 39.3 Å². The molecule has 3 aromatic rings. The van der Waals surface area contributed by atoms with Gasteiger partial charge in [0, 0.05) is 12.3 Å². The normalized spacial score (nSPS) is 11.9. The van der Waals surface area contributed by atoms with Crippen LogP contribution in [0, 0.1) is 28.8 Å². The second-order valence-electron chi connectivity index (χ2n) is 5.68. The first-order valence-corrected chi connectivity index (χ1v) is 8.73. The smallest absolute Gasteiger partial charge is 0.416 e. The summed E-state index contributed by atoms with van der Waals surface area (Å²) in [5.74, 6) is -5.69. The van der Waals surface area contributed by atoms with Gasteiger partial charge in [-0.15, -0.1) is 10.2 Å². The molecule has 0 bridgehead atoms. The van der Waals surface area contributed by atoms with Gasteiger partial charge in [-0.1, -0.05) is 0 Å². The number of nitriles is 1. The number of anilines is 1. The fourth-order valence-corrected chi connectivity index (χ4v) is 2.78. The van der Waals surface area contributed by atoms with Gasteiger partial charge >= 0.3 is 6.18 Å². The lowest BCUT2D eigenvalue weighted by molar-refractivity contribution is -0.138. The molecule has 1 heterocycles. The van der Waals surface area contributed by atoms with Crippen LogP contribution in [0.4, 0.5) is 32.0 Å². The zero-order valence-electron chi connectivity index (χ0n) is 14.7. The first-order valence-electron chi connectivity index (χ1n) is 7.94. The fourth-order valence-electron chi connectivity index (χ4n) is 2.27. The average Bonchev–Trinajstić information content (AvgIpc) is 3.20. The van der Waals surface area contributed by atoms with E-state index in [2.05, 4.69) is 41.9 Å². The molecule has 2 aromatic carbocycles. The largest absolute Gasteiger partial charge is 0.448 e. The molecule has 0 spiro atoms. The van der Waals surface area contributed by atoms with Gasteiger partial charge in [-0.3, -0.25) is 0 Å². The van der Waals surface area contributed by atoms with Crippen molar-refractivity contribution in [1.82, 2.24) is 20.6 Å². The number of hydrogen-bond acceptors (Lipinski definition) is 6. The summed E-state index contributed by atoms with van der Waals surface area (Å²) in [5, 5.41) is 24.3. The molecule has 0 fully saturated rings. The Morgan fingerprint density at radius 1 is 1.13 bits per heavy atom. The lowest BCUT2D eigenvalue weighted by Crippen LogP contribution is -2.07. The van der Waals surface area contributed by atoms with E-state index in [4.69, 9.17) is 10.00 Å². The van der Waals surface area contributed by atoms with Crippen molar-refractivity contribution < 1.29 is 31.1 Å². The minimum Gasteiger partial charge on any atom is -0.448 e. The van der Waals surface area contributed by atoms with Crippen LogP contribution in [0.3, 0.4) is 0 Å². The number of benzene rings is 2. The number of nitrogens with zero attached hydrogens (tertiary/aromatic N) is 4. The standard InChI is InChI=1S/C17H7BrF6N6O/c18-10-3-9(19)4-13(26-6-7(5-25)16-27-29-30-28-16)14(10)31-15-11(20)1-8(2-12(15)21)17(22,23)24/h1-4,6,26H,(H,27,28,29,30). The first-order chi connectivity index (χ1) is 14.6. The summed E-state index contributed by atoms with van der Waals surface area (Å²) < 4.78 is 85.3. The maximum absolute atomic E-state index is 14.2. The summed E-state index contributed by atoms with van der Waals surface area (Å²) in [7, 11) is 0. The maximum Gasteiger partial charge on any atom is 0.416 e. The van der Waals surface area contributed by atoms with Gasteiger partial charge in [0.2, 0.25) is 5.82 Å². The van der Waals surface area contributed by atoms with Crippen molar-refractivity contribution in [3.05, 3.63) is 63.8 Å². The second kappa shape index (κ2) is 8.64. The number of tetrazole rings is 1. The summed E-state index contributed by atoms with van der Waals surface area (Å²) in [4.78, 5) is 0. The number of H-pyrrole nitrogens is 1. The highest BCUT2D eigenvalue weighted by Gasteiger charge is 2.33. The molecule has 0 amide bonds. The van der Waals surface area contributed by atoms with Crippen molar-refractivity contribution in [2.75, 3.05) is 5.32 Å². The van der Waals surface area contributed by atoms with Crippen LogP contribution in [0.25, 0.3) is 5.57 Å². The molecular formula is C17H7BrF6N6O. The Kier molecular flexibility index (Phi) is 6.16. The molecule has 3 rings (SSSR count). The molecule has 7 nitrogen and oxygen atoms in total. The second-order valence-corrected chi connectivity index (χ2v) is 6.54. The van der Waals surface area contributed by atoms with E-state index in [1.165, 1.54) is 0 Å². The Hall–Kier alpha value is -3.60. The molecule has 0 atom stereocenters. The number of allylic oxidation sites excluding steroid dienone is 1. The van der Waals surface area contributed by atoms with Crippen molar-refractivity contribution in [2.45, 2.75) is 6.18 Å². The maximum atomic E-state index is 14.2. The third-order valence-electron chi connectivity index (χ3n) is 3.62. The zero-order chi connectivity index (χ0) is 22.8. The highest BCUT2D eigenvalue weighted by molar-refractivity contribution is 9.10. The van der Waals surface area contributed by atoms with Gasteiger partial charge in [0.15, 0.2) is 23.1 Å². The summed E-state index contributed by atoms with van der Waals surface area (Å²) in [6.45, 7) is 0. The van der Waals surface area contributed by atoms with Crippen molar-refractivity contribution in [2.24, 2.45) is 0 Å². The molecule has 0 saturated carbocycles. The van der Waals surface area contributed by atoms with E-state index >= 15 is 0 Å². The molecule has 0 aliphatic heterocycles. The summed E-state index contributed by atoms with van der Waals surface area (Å²) in [5.41, 5.74) is -1.91. The quantitative estimate of drug-likeness (QED) is 0.367. The third-order valence-corrected chi connectivity index (χ3v) is 4.21. The summed E-state index contributed by atoms with van der Waals surface area (Å²) >= 11 is 2.96. The first kappa shape index (κ1) is 22.1. The van der Waals surface area contributed by atoms with E-state index < -0.39 is 34.9 Å². The Bertz CT molecular complexity index is 1170. The molecule has 31 heavy (non-hydrogen) atoms. The van der Waals surface area contributed by atoms with E-state index in [-0.39, 0.29) is 39.4 Å². The lowest BCUT2D eigenvalue weighted by Gasteiger charge is -2.15. The van der Waals surface area contributed by atoms with E-state index in [1.54, 1.807) is 6.07 Å². The van der Waals surface area contributed by atoms with E-state index in [0.717, 1.165) is 18.3 Å². The van der Waals surface area contributed by atoms with Gasteiger partial charge in [-0.25, -0.2) is 13.2 Å². The van der Waals surface area contributed by atoms with Crippen molar-refractivity contribution >= 4 is 27.2 Å². The van der Waals surface area contributed by atoms with Crippen LogP contribution >= 0.6 is 15.9 Å². The number of aromatic nitrogens is 4. The number of hydrogen-bond donors (Lipinski definition) is 2. The number of alkyl halides is 3. The number of halogens is 7. The Balaban J connectivity index is 2.01. The van der Waals surface area contributed by atoms with Crippen LogP contribution in [0.15, 0.2) is 34.9 Å². The van der Waals surface area contributed by atoms with Crippen molar-refractivity contribution in [3.63, 3.8) is 0 Å². The van der Waals surface area contributed by atoms with Crippen LogP contribution in [-0.4, -0.2) is 20.6 Å². The van der Waals surface area contributed by atoms with Crippen LogP contribution in [0.1, 0.15) is 11.4 Å². The Morgan fingerprint density at radius 3 is 2.35 bits per heavy atom. The zero-order valence-corrected chi connectivity index (χ0v) is 16.3. The van der Waals surface area contributed by atoms with Gasteiger partial charge in [-0.2, -0.15) is 23.6 Å². The minimum atomic E-state index is -4.98. The molecule has 160 valence electrons. The van der Waals surface area contributed by atoms with Crippen LogP contribution in [0.2, 0.25) is 0 Å². The Morgan fingerprint density at radius 2 is 1.81 bits per heavy atom. The molecule has 1 aromatic heterocycles. The van der Waals surface area contributed by atoms with Gasteiger partial charge in [0.05, 0.1) is 15.7 Å². The molecule has 0 radical (unpaired) electrons. The number of rotatable bonds is 5. The van der Waals surface area contributed by atoms with E-state index in [0.29, 0.717) is 0 Å². The molecule has 0 saturated heterocycles. The summed E-state index contributed by atoms with van der Waals surface area (Å²) in [6.07, 6.45) is -3.94. The van der Waals surface area contributed by atoms with Gasteiger partial charge < -0.3 is 10.1 Å². The predicted octanol–water partition coefficient (Wildman–Crippen LogP) is 5.17. The highest BCUT2D eigenvalue weighted by Crippen LogP contribution is 2.41. The number of aromatic amines is 1. The molecule has 0 aliphatic rings. The minimum absolute atomic E-state index is 0.0624. The molecule has 14 heteroatoms. The van der Waals surface area contributed by atoms with Crippen LogP contribution < -0.4 is 10.1 Å². The van der Waals surface area contributed by atoms with Crippen molar-refractivity contribution in [3.8, 4) is 17.6 Å². The highest BCUT2D eigenvalue weighted by atomic mass is 79.9. The Labute approximate surface area is 177 Å². The van der Waals surface area contributed by atoms with E-state index in [9.17, 15) is 26.3 Å². The molecular weight excluding hydrogens is 498 g/mol. The van der Waals surface area contributed by atoms with Gasteiger partial charge in [0.25, 0.3) is 0 Å². The molecule has 0 aliphatic carbocycles. The molecule has 0 unspecified atom stereocenters. The fraction of sp³-hybridized carbons (Fsp3) is 0.0588. The third kappa shape index (κ3) is 4.94. The average molecular weight is 505 g/mol. The van der Waals surface area contributed by atoms with Crippen LogP contribution in [0.5, 0.6) is 11.5 Å². The number of nitrogens with one attached hydrogen (secondary N) is 2. The van der Waals surface area contributed by atoms with E-state index in [1.807, 2.05) is 0 Å². The van der Waals surface area contributed by atoms with Gasteiger partial charge in [0.1, 0.15) is 17.5 Å². The predicted molar refractivity (Wildman–Crippen MR) is 96.9 cm³/mol. The van der Waals surface area contributed by atoms with Crippen molar-refractivity contribution in [1.29, 1.82) is 5.26 Å². The molecule has 2 N–H and O–H groups in total. The lowest BCUT2D eigenvalue weighted by atomic mass is 10.2. The summed E-state index contributed by atoms with van der Waals surface area (Å²) in [6, 6.07) is 3.64. The SMILES string of the molecule is N#CC(=CNc1cc(F)cc(Br)c1Oc1c(F)cc(C(F)(F)F)cc1F)c1nn[nH]n1. The number of ether oxygens (including phenoxy) is 1. The van der Waals surface area contributed by atoms with Crippen LogP contribution in [-0.2, 0) is 6.18 Å². The topological polar surface area (TPSA) is 99.5 Å². The monoisotopic (exact) mass is 504 g/mol.